The molecule has 0 aliphatic heterocycles. The number of rotatable bonds is 4. The molecule has 0 aliphatic rings. The van der Waals surface area contributed by atoms with Crippen LogP contribution in [-0.2, 0) is 9.53 Å². The zero-order valence-electron chi connectivity index (χ0n) is 12.8. The molecule has 0 atom stereocenters. The van der Waals surface area contributed by atoms with Crippen molar-refractivity contribution in [2.24, 2.45) is 0 Å². The SMILES string of the molecule is Cc1csc(NC(=O)COC(=O)c2cc3ccccc3cc2O)n1. The number of anilines is 1. The second kappa shape index (κ2) is 6.67. The first kappa shape index (κ1) is 15.9. The zero-order chi connectivity index (χ0) is 17.1. The van der Waals surface area contributed by atoms with Crippen LogP contribution < -0.4 is 5.32 Å². The molecule has 0 saturated heterocycles. The molecule has 0 aliphatic carbocycles. The lowest BCUT2D eigenvalue weighted by atomic mass is 10.1. The first-order valence-electron chi connectivity index (χ1n) is 7.14. The summed E-state index contributed by atoms with van der Waals surface area (Å²) in [6.45, 7) is 1.36. The minimum absolute atomic E-state index is 0.0200. The summed E-state index contributed by atoms with van der Waals surface area (Å²) in [6, 6.07) is 10.3. The van der Waals surface area contributed by atoms with Crippen LogP contribution in [0.15, 0.2) is 41.8 Å². The first-order valence-corrected chi connectivity index (χ1v) is 8.02. The fourth-order valence-electron chi connectivity index (χ4n) is 2.17. The van der Waals surface area contributed by atoms with E-state index in [4.69, 9.17) is 4.74 Å². The Bertz CT molecular complexity index is 920. The summed E-state index contributed by atoms with van der Waals surface area (Å²) in [5.41, 5.74) is 0.819. The molecule has 122 valence electrons. The van der Waals surface area contributed by atoms with E-state index < -0.39 is 18.5 Å². The van der Waals surface area contributed by atoms with Crippen LogP contribution >= 0.6 is 11.3 Å². The monoisotopic (exact) mass is 342 g/mol. The Morgan fingerprint density at radius 2 is 1.96 bits per heavy atom. The van der Waals surface area contributed by atoms with Crippen molar-refractivity contribution < 1.29 is 19.4 Å². The quantitative estimate of drug-likeness (QED) is 0.711. The maximum atomic E-state index is 12.1. The summed E-state index contributed by atoms with van der Waals surface area (Å²) in [5.74, 6) is -1.43. The van der Waals surface area contributed by atoms with Gasteiger partial charge in [0, 0.05) is 5.38 Å². The lowest BCUT2D eigenvalue weighted by Gasteiger charge is -2.07. The Morgan fingerprint density at radius 3 is 2.62 bits per heavy atom. The average Bonchev–Trinajstić information content (AvgIpc) is 2.96. The standard InChI is InChI=1S/C17H14N2O4S/c1-10-9-24-17(18-10)19-15(21)8-23-16(22)13-6-11-4-2-3-5-12(11)7-14(13)20/h2-7,9,20H,8H2,1H3,(H,18,19,21). The van der Waals surface area contributed by atoms with Crippen molar-refractivity contribution in [3.63, 3.8) is 0 Å². The van der Waals surface area contributed by atoms with E-state index in [1.807, 2.05) is 31.2 Å². The van der Waals surface area contributed by atoms with Gasteiger partial charge >= 0.3 is 5.97 Å². The molecule has 1 aromatic heterocycles. The van der Waals surface area contributed by atoms with Crippen molar-refractivity contribution >= 4 is 39.1 Å². The van der Waals surface area contributed by atoms with Gasteiger partial charge < -0.3 is 9.84 Å². The van der Waals surface area contributed by atoms with Gasteiger partial charge in [-0.05, 0) is 29.8 Å². The number of hydrogen-bond acceptors (Lipinski definition) is 6. The van der Waals surface area contributed by atoms with Gasteiger partial charge in [0.15, 0.2) is 11.7 Å². The first-order chi connectivity index (χ1) is 11.5. The molecule has 3 rings (SSSR count). The number of phenolic OH excluding ortho intramolecular Hbond substituents is 1. The molecular formula is C17H14N2O4S. The Hall–Kier alpha value is -2.93. The summed E-state index contributed by atoms with van der Waals surface area (Å²) in [7, 11) is 0. The Kier molecular flexibility index (Phi) is 4.43. The molecule has 0 saturated carbocycles. The highest BCUT2D eigenvalue weighted by molar-refractivity contribution is 7.13. The van der Waals surface area contributed by atoms with Crippen LogP contribution in [0, 0.1) is 6.92 Å². The highest BCUT2D eigenvalue weighted by Gasteiger charge is 2.16. The van der Waals surface area contributed by atoms with E-state index in [-0.39, 0.29) is 11.3 Å². The van der Waals surface area contributed by atoms with Crippen LogP contribution in [0.1, 0.15) is 16.1 Å². The van der Waals surface area contributed by atoms with Gasteiger partial charge in [-0.15, -0.1) is 11.3 Å². The number of aromatic hydroxyl groups is 1. The molecule has 0 fully saturated rings. The molecule has 0 bridgehead atoms. The normalized spacial score (nSPS) is 10.5. The van der Waals surface area contributed by atoms with Crippen molar-refractivity contribution in [3.8, 4) is 5.75 Å². The zero-order valence-corrected chi connectivity index (χ0v) is 13.6. The van der Waals surface area contributed by atoms with Gasteiger partial charge in [0.2, 0.25) is 0 Å². The Balaban J connectivity index is 1.66. The number of nitrogens with one attached hydrogen (secondary N) is 1. The molecule has 24 heavy (non-hydrogen) atoms. The van der Waals surface area contributed by atoms with Crippen LogP contribution in [0.4, 0.5) is 5.13 Å². The third-order valence-electron chi connectivity index (χ3n) is 3.28. The minimum atomic E-state index is -0.760. The van der Waals surface area contributed by atoms with Crippen LogP contribution in [0.5, 0.6) is 5.75 Å². The topological polar surface area (TPSA) is 88.5 Å². The fourth-order valence-corrected chi connectivity index (χ4v) is 2.87. The molecule has 1 heterocycles. The van der Waals surface area contributed by atoms with Crippen LogP contribution in [0.3, 0.4) is 0 Å². The summed E-state index contributed by atoms with van der Waals surface area (Å²) < 4.78 is 4.96. The van der Waals surface area contributed by atoms with Crippen molar-refractivity contribution in [1.82, 2.24) is 4.98 Å². The number of carbonyl (C=O) groups excluding carboxylic acids is 2. The summed E-state index contributed by atoms with van der Waals surface area (Å²) in [5, 5.41) is 16.4. The number of benzene rings is 2. The van der Waals surface area contributed by atoms with E-state index in [1.54, 1.807) is 5.38 Å². The van der Waals surface area contributed by atoms with Gasteiger partial charge in [0.05, 0.1) is 5.69 Å². The van der Waals surface area contributed by atoms with Gasteiger partial charge in [0.1, 0.15) is 11.3 Å². The predicted molar refractivity (Wildman–Crippen MR) is 91.4 cm³/mol. The number of amides is 1. The van der Waals surface area contributed by atoms with E-state index in [2.05, 4.69) is 10.3 Å². The van der Waals surface area contributed by atoms with E-state index >= 15 is 0 Å². The van der Waals surface area contributed by atoms with Crippen LogP contribution in [0.2, 0.25) is 0 Å². The third kappa shape index (κ3) is 3.52. The van der Waals surface area contributed by atoms with E-state index in [0.717, 1.165) is 16.5 Å². The largest absolute Gasteiger partial charge is 0.507 e. The molecule has 0 radical (unpaired) electrons. The Morgan fingerprint density at radius 1 is 1.25 bits per heavy atom. The van der Waals surface area contributed by atoms with Gasteiger partial charge in [-0.2, -0.15) is 0 Å². The summed E-state index contributed by atoms with van der Waals surface area (Å²) in [4.78, 5) is 28.0. The number of aromatic nitrogens is 1. The number of aryl methyl sites for hydroxylation is 1. The van der Waals surface area contributed by atoms with Crippen molar-refractivity contribution in [1.29, 1.82) is 0 Å². The maximum Gasteiger partial charge on any atom is 0.342 e. The molecule has 6 nitrogen and oxygen atoms in total. The number of carbonyl (C=O) groups is 2. The predicted octanol–water partition coefficient (Wildman–Crippen LogP) is 3.11. The highest BCUT2D eigenvalue weighted by atomic mass is 32.1. The molecule has 1 amide bonds. The number of hydrogen-bond donors (Lipinski definition) is 2. The van der Waals surface area contributed by atoms with Crippen molar-refractivity contribution in [2.45, 2.75) is 6.92 Å². The lowest BCUT2D eigenvalue weighted by molar-refractivity contribution is -0.119. The minimum Gasteiger partial charge on any atom is -0.507 e. The maximum absolute atomic E-state index is 12.1. The number of thiazole rings is 1. The third-order valence-corrected chi connectivity index (χ3v) is 4.16. The van der Waals surface area contributed by atoms with Crippen molar-refractivity contribution in [2.75, 3.05) is 11.9 Å². The molecule has 2 aromatic carbocycles. The van der Waals surface area contributed by atoms with E-state index in [0.29, 0.717) is 5.13 Å². The Labute approximate surface area is 141 Å². The van der Waals surface area contributed by atoms with E-state index in [9.17, 15) is 14.7 Å². The molecule has 2 N–H and O–H groups in total. The molecule has 0 unspecified atom stereocenters. The van der Waals surface area contributed by atoms with Gasteiger partial charge in [0.25, 0.3) is 5.91 Å². The number of phenols is 1. The number of fused-ring (bicyclic) bond motifs is 1. The second-order valence-electron chi connectivity index (χ2n) is 5.13. The smallest absolute Gasteiger partial charge is 0.342 e. The van der Waals surface area contributed by atoms with Gasteiger partial charge in [-0.25, -0.2) is 9.78 Å². The fraction of sp³-hybridized carbons (Fsp3) is 0.118. The highest BCUT2D eigenvalue weighted by Crippen LogP contribution is 2.25. The number of esters is 1. The van der Waals surface area contributed by atoms with Crippen molar-refractivity contribution in [3.05, 3.63) is 53.0 Å². The molecular weight excluding hydrogens is 328 g/mol. The van der Waals surface area contributed by atoms with Crippen LogP contribution in [0.25, 0.3) is 10.8 Å². The molecule has 7 heteroatoms. The summed E-state index contributed by atoms with van der Waals surface area (Å²) >= 11 is 1.29. The molecule has 0 spiro atoms. The summed E-state index contributed by atoms with van der Waals surface area (Å²) in [6.07, 6.45) is 0. The second-order valence-corrected chi connectivity index (χ2v) is 5.99. The van der Waals surface area contributed by atoms with Crippen LogP contribution in [-0.4, -0.2) is 28.6 Å². The van der Waals surface area contributed by atoms with E-state index in [1.165, 1.54) is 23.5 Å². The number of nitrogens with zero attached hydrogens (tertiary/aromatic N) is 1. The van der Waals surface area contributed by atoms with Gasteiger partial charge in [-0.1, -0.05) is 24.3 Å². The lowest BCUT2D eigenvalue weighted by Crippen LogP contribution is -2.20. The van der Waals surface area contributed by atoms with Gasteiger partial charge in [-0.3, -0.25) is 10.1 Å². The average molecular weight is 342 g/mol. The molecule has 3 aromatic rings. The number of ether oxygens (including phenoxy) is 1.